The molecule has 0 radical (unpaired) electrons. The van der Waals surface area contributed by atoms with Gasteiger partial charge in [-0.1, -0.05) is 26.0 Å². The summed E-state index contributed by atoms with van der Waals surface area (Å²) in [6.07, 6.45) is 0. The molecule has 0 saturated carbocycles. The predicted molar refractivity (Wildman–Crippen MR) is 88.8 cm³/mol. The number of benzene rings is 1. The third-order valence-electron chi connectivity index (χ3n) is 4.21. The lowest BCUT2D eigenvalue weighted by atomic mass is 9.79. The maximum absolute atomic E-state index is 11.1. The summed E-state index contributed by atoms with van der Waals surface area (Å²) < 4.78 is 0. The summed E-state index contributed by atoms with van der Waals surface area (Å²) in [5.41, 5.74) is 1.75. The van der Waals surface area contributed by atoms with Gasteiger partial charge in [0.25, 0.3) is 0 Å². The molecule has 122 valence electrons. The van der Waals surface area contributed by atoms with Crippen LogP contribution in [0.4, 0.5) is 5.69 Å². The molecular formula is C17H27N3O2. The standard InChI is InChI=1S/C17H27N3O2/c1-13(22)19-15-6-4-14(5-7-15)16(17(2,3)12-21)20-10-8-18-9-11-20/h4-7,16,18,21H,8-12H2,1-3H3,(H,19,22)/t16-/m1/s1. The number of carbonyl (C=O) groups excluding carboxylic acids is 1. The minimum atomic E-state index is -0.229. The molecule has 5 heteroatoms. The maximum Gasteiger partial charge on any atom is 0.221 e. The van der Waals surface area contributed by atoms with Crippen LogP contribution in [0.3, 0.4) is 0 Å². The zero-order valence-corrected chi connectivity index (χ0v) is 13.7. The second kappa shape index (κ2) is 7.22. The lowest BCUT2D eigenvalue weighted by Gasteiger charge is -2.43. The van der Waals surface area contributed by atoms with Gasteiger partial charge in [0.05, 0.1) is 0 Å². The Labute approximate surface area is 132 Å². The van der Waals surface area contributed by atoms with Gasteiger partial charge in [-0.05, 0) is 17.7 Å². The Balaban J connectivity index is 2.26. The van der Waals surface area contributed by atoms with Gasteiger partial charge in [0, 0.05) is 56.9 Å². The molecule has 1 aliphatic heterocycles. The lowest BCUT2D eigenvalue weighted by Crippen LogP contribution is -2.49. The van der Waals surface area contributed by atoms with E-state index >= 15 is 0 Å². The van der Waals surface area contributed by atoms with E-state index in [1.54, 1.807) is 0 Å². The van der Waals surface area contributed by atoms with E-state index in [0.717, 1.165) is 31.9 Å². The summed E-state index contributed by atoms with van der Waals surface area (Å²) in [7, 11) is 0. The maximum atomic E-state index is 11.1. The summed E-state index contributed by atoms with van der Waals surface area (Å²) >= 11 is 0. The number of nitrogens with one attached hydrogen (secondary N) is 2. The number of aliphatic hydroxyl groups excluding tert-OH is 1. The van der Waals surface area contributed by atoms with Crippen molar-refractivity contribution in [2.24, 2.45) is 5.41 Å². The third-order valence-corrected chi connectivity index (χ3v) is 4.21. The zero-order chi connectivity index (χ0) is 16.2. The fraction of sp³-hybridized carbons (Fsp3) is 0.588. The van der Waals surface area contributed by atoms with Crippen LogP contribution in [-0.2, 0) is 4.79 Å². The molecule has 2 rings (SSSR count). The first-order chi connectivity index (χ1) is 10.4. The fourth-order valence-corrected chi connectivity index (χ4v) is 3.14. The van der Waals surface area contributed by atoms with E-state index in [-0.39, 0.29) is 24.0 Å². The molecule has 1 saturated heterocycles. The van der Waals surface area contributed by atoms with Gasteiger partial charge in [-0.2, -0.15) is 0 Å². The Morgan fingerprint density at radius 2 is 1.91 bits per heavy atom. The van der Waals surface area contributed by atoms with Crippen LogP contribution in [0.5, 0.6) is 0 Å². The topological polar surface area (TPSA) is 64.6 Å². The smallest absolute Gasteiger partial charge is 0.221 e. The Morgan fingerprint density at radius 3 is 2.41 bits per heavy atom. The summed E-state index contributed by atoms with van der Waals surface area (Å²) in [6.45, 7) is 9.73. The Bertz CT molecular complexity index is 493. The Kier molecular flexibility index (Phi) is 5.56. The number of aliphatic hydroxyl groups is 1. The van der Waals surface area contributed by atoms with Crippen molar-refractivity contribution in [2.45, 2.75) is 26.8 Å². The second-order valence-electron chi connectivity index (χ2n) is 6.64. The van der Waals surface area contributed by atoms with Crippen molar-refractivity contribution in [1.29, 1.82) is 0 Å². The molecular weight excluding hydrogens is 278 g/mol. The highest BCUT2D eigenvalue weighted by Gasteiger charge is 2.35. The highest BCUT2D eigenvalue weighted by atomic mass is 16.3. The van der Waals surface area contributed by atoms with E-state index in [9.17, 15) is 9.90 Å². The molecule has 0 spiro atoms. The highest BCUT2D eigenvalue weighted by Crippen LogP contribution is 2.38. The third kappa shape index (κ3) is 4.06. The van der Waals surface area contributed by atoms with Crippen molar-refractivity contribution >= 4 is 11.6 Å². The fourth-order valence-electron chi connectivity index (χ4n) is 3.14. The average Bonchev–Trinajstić information content (AvgIpc) is 2.49. The molecule has 1 atom stereocenters. The van der Waals surface area contributed by atoms with Crippen molar-refractivity contribution in [3.8, 4) is 0 Å². The number of hydrogen-bond acceptors (Lipinski definition) is 4. The monoisotopic (exact) mass is 305 g/mol. The van der Waals surface area contributed by atoms with Crippen LogP contribution >= 0.6 is 0 Å². The highest BCUT2D eigenvalue weighted by molar-refractivity contribution is 5.88. The molecule has 0 bridgehead atoms. The van der Waals surface area contributed by atoms with E-state index < -0.39 is 0 Å². The van der Waals surface area contributed by atoms with Crippen LogP contribution in [-0.4, -0.2) is 48.7 Å². The van der Waals surface area contributed by atoms with Gasteiger partial charge in [0.2, 0.25) is 5.91 Å². The Hall–Kier alpha value is -1.43. The van der Waals surface area contributed by atoms with Crippen molar-refractivity contribution in [3.63, 3.8) is 0 Å². The van der Waals surface area contributed by atoms with Crippen LogP contribution in [0.15, 0.2) is 24.3 Å². The summed E-state index contributed by atoms with van der Waals surface area (Å²) in [5.74, 6) is -0.0675. The van der Waals surface area contributed by atoms with Crippen LogP contribution in [0.2, 0.25) is 0 Å². The van der Waals surface area contributed by atoms with Crippen molar-refractivity contribution in [3.05, 3.63) is 29.8 Å². The molecule has 1 aliphatic rings. The molecule has 0 aromatic heterocycles. The van der Waals surface area contributed by atoms with Crippen LogP contribution < -0.4 is 10.6 Å². The van der Waals surface area contributed by atoms with E-state index in [1.807, 2.05) is 12.1 Å². The van der Waals surface area contributed by atoms with Crippen molar-refractivity contribution in [2.75, 3.05) is 38.1 Å². The van der Waals surface area contributed by atoms with Crippen molar-refractivity contribution in [1.82, 2.24) is 10.2 Å². The summed E-state index contributed by atoms with van der Waals surface area (Å²) in [4.78, 5) is 13.6. The van der Waals surface area contributed by atoms with E-state index in [2.05, 4.69) is 41.5 Å². The second-order valence-corrected chi connectivity index (χ2v) is 6.64. The number of hydrogen-bond donors (Lipinski definition) is 3. The van der Waals surface area contributed by atoms with Crippen LogP contribution in [0.25, 0.3) is 0 Å². The molecule has 1 fully saturated rings. The lowest BCUT2D eigenvalue weighted by molar-refractivity contribution is -0.114. The van der Waals surface area contributed by atoms with Gasteiger partial charge < -0.3 is 15.7 Å². The number of rotatable bonds is 5. The minimum Gasteiger partial charge on any atom is -0.396 e. The van der Waals surface area contributed by atoms with E-state index in [1.165, 1.54) is 12.5 Å². The van der Waals surface area contributed by atoms with Gasteiger partial charge >= 0.3 is 0 Å². The minimum absolute atomic E-state index is 0.0675. The van der Waals surface area contributed by atoms with Crippen molar-refractivity contribution < 1.29 is 9.90 Å². The normalized spacial score (nSPS) is 18.0. The van der Waals surface area contributed by atoms with Gasteiger partial charge in [0.1, 0.15) is 0 Å². The molecule has 5 nitrogen and oxygen atoms in total. The largest absolute Gasteiger partial charge is 0.396 e. The molecule has 1 amide bonds. The molecule has 3 N–H and O–H groups in total. The van der Waals surface area contributed by atoms with Gasteiger partial charge in [-0.3, -0.25) is 9.69 Å². The molecule has 0 aliphatic carbocycles. The first-order valence-corrected chi connectivity index (χ1v) is 7.87. The molecule has 0 unspecified atom stereocenters. The first kappa shape index (κ1) is 16.9. The van der Waals surface area contributed by atoms with E-state index in [4.69, 9.17) is 0 Å². The van der Waals surface area contributed by atoms with E-state index in [0.29, 0.717) is 0 Å². The molecule has 1 aromatic carbocycles. The van der Waals surface area contributed by atoms with Gasteiger partial charge in [-0.25, -0.2) is 0 Å². The average molecular weight is 305 g/mol. The SMILES string of the molecule is CC(=O)Nc1ccc([C@@H](N2CCNCC2)C(C)(C)CO)cc1. The molecule has 22 heavy (non-hydrogen) atoms. The number of anilines is 1. The number of nitrogens with zero attached hydrogens (tertiary/aromatic N) is 1. The predicted octanol–water partition coefficient (Wildman–Crippen LogP) is 1.61. The number of piperazine rings is 1. The first-order valence-electron chi connectivity index (χ1n) is 7.87. The zero-order valence-electron chi connectivity index (χ0n) is 13.7. The van der Waals surface area contributed by atoms with Crippen LogP contribution in [0, 0.1) is 5.41 Å². The Morgan fingerprint density at radius 1 is 1.32 bits per heavy atom. The van der Waals surface area contributed by atoms with Crippen LogP contribution in [0.1, 0.15) is 32.4 Å². The van der Waals surface area contributed by atoms with Gasteiger partial charge in [-0.15, -0.1) is 0 Å². The quantitative estimate of drug-likeness (QED) is 0.773. The number of carbonyl (C=O) groups is 1. The summed E-state index contributed by atoms with van der Waals surface area (Å²) in [5, 5.41) is 16.0. The van der Waals surface area contributed by atoms with Gasteiger partial charge in [0.15, 0.2) is 0 Å². The summed E-state index contributed by atoms with van der Waals surface area (Å²) in [6, 6.07) is 8.12. The molecule has 1 aromatic rings. The molecule has 1 heterocycles. The number of amides is 1.